The average molecular weight is 359 g/mol. The zero-order chi connectivity index (χ0) is 16.8. The molecule has 0 aliphatic carbocycles. The predicted molar refractivity (Wildman–Crippen MR) is 95.7 cm³/mol. The van der Waals surface area contributed by atoms with Gasteiger partial charge in [0, 0.05) is 12.1 Å². The Morgan fingerprint density at radius 3 is 2.33 bits per heavy atom. The van der Waals surface area contributed by atoms with Crippen molar-refractivity contribution in [1.82, 2.24) is 10.6 Å². The number of carbonyl (C=O) groups excluding carboxylic acids is 1. The second-order valence-corrected chi connectivity index (χ2v) is 5.77. The first-order chi connectivity index (χ1) is 11.1. The number of carbonyl (C=O) groups is 1. The van der Waals surface area contributed by atoms with Gasteiger partial charge in [0.05, 0.1) is 27.8 Å². The van der Waals surface area contributed by atoms with Crippen molar-refractivity contribution >= 4 is 18.3 Å². The molecule has 1 aromatic carbocycles. The number of halogens is 1. The molecule has 136 valence electrons. The third kappa shape index (κ3) is 4.92. The number of methoxy groups -OCH3 is 3. The van der Waals surface area contributed by atoms with E-state index < -0.39 is 0 Å². The lowest BCUT2D eigenvalue weighted by molar-refractivity contribution is -0.121. The van der Waals surface area contributed by atoms with Crippen molar-refractivity contribution in [3.8, 4) is 17.2 Å². The smallest absolute Gasteiger partial charge is 0.224 e. The van der Waals surface area contributed by atoms with Crippen LogP contribution in [0.1, 0.15) is 25.3 Å². The normalized spacial score (nSPS) is 19.8. The maximum atomic E-state index is 12.3. The Kier molecular flexibility index (Phi) is 8.15. The van der Waals surface area contributed by atoms with E-state index in [4.69, 9.17) is 14.2 Å². The van der Waals surface area contributed by atoms with Crippen molar-refractivity contribution in [2.45, 2.75) is 38.3 Å². The van der Waals surface area contributed by atoms with Gasteiger partial charge in [-0.15, -0.1) is 12.4 Å². The molecule has 1 aliphatic rings. The summed E-state index contributed by atoms with van der Waals surface area (Å²) in [5.41, 5.74) is 0.827. The number of nitrogens with one attached hydrogen (secondary N) is 2. The highest BCUT2D eigenvalue weighted by Gasteiger charge is 2.23. The molecule has 2 N–H and O–H groups in total. The van der Waals surface area contributed by atoms with Crippen molar-refractivity contribution in [1.29, 1.82) is 0 Å². The van der Waals surface area contributed by atoms with Crippen LogP contribution in [0.3, 0.4) is 0 Å². The van der Waals surface area contributed by atoms with E-state index in [1.165, 1.54) is 0 Å². The number of hydrogen-bond acceptors (Lipinski definition) is 5. The van der Waals surface area contributed by atoms with Crippen LogP contribution >= 0.6 is 12.4 Å². The monoisotopic (exact) mass is 358 g/mol. The molecule has 7 heteroatoms. The Balaban J connectivity index is 0.00000288. The summed E-state index contributed by atoms with van der Waals surface area (Å²) in [7, 11) is 4.69. The molecular formula is C17H27ClN2O4. The summed E-state index contributed by atoms with van der Waals surface area (Å²) >= 11 is 0. The van der Waals surface area contributed by atoms with Gasteiger partial charge in [0.2, 0.25) is 11.7 Å². The molecule has 0 saturated carbocycles. The highest BCUT2D eigenvalue weighted by molar-refractivity contribution is 5.85. The minimum atomic E-state index is -0.000164. The van der Waals surface area contributed by atoms with Crippen LogP contribution in [0.15, 0.2) is 12.1 Å². The molecule has 1 heterocycles. The van der Waals surface area contributed by atoms with Crippen LogP contribution in [0.5, 0.6) is 17.2 Å². The van der Waals surface area contributed by atoms with Crippen molar-refractivity contribution < 1.29 is 19.0 Å². The van der Waals surface area contributed by atoms with Crippen LogP contribution in [0.25, 0.3) is 0 Å². The SMILES string of the molecule is COc1cc(CC(=O)NC2CCCNC2C)cc(OC)c1OC.Cl. The number of benzene rings is 1. The van der Waals surface area contributed by atoms with Gasteiger partial charge < -0.3 is 24.8 Å². The fourth-order valence-corrected chi connectivity index (χ4v) is 2.92. The molecule has 24 heavy (non-hydrogen) atoms. The fourth-order valence-electron chi connectivity index (χ4n) is 2.92. The molecular weight excluding hydrogens is 332 g/mol. The quantitative estimate of drug-likeness (QED) is 0.813. The summed E-state index contributed by atoms with van der Waals surface area (Å²) in [6.45, 7) is 3.12. The van der Waals surface area contributed by atoms with Crippen LogP contribution in [0, 0.1) is 0 Å². The van der Waals surface area contributed by atoms with E-state index in [0.717, 1.165) is 24.9 Å². The van der Waals surface area contributed by atoms with Crippen LogP contribution in [0.2, 0.25) is 0 Å². The zero-order valence-corrected chi connectivity index (χ0v) is 15.5. The Morgan fingerprint density at radius 2 is 1.83 bits per heavy atom. The van der Waals surface area contributed by atoms with Gasteiger partial charge in [-0.2, -0.15) is 0 Å². The van der Waals surface area contributed by atoms with Crippen molar-refractivity contribution in [2.24, 2.45) is 0 Å². The van der Waals surface area contributed by atoms with Gasteiger partial charge in [-0.05, 0) is 44.0 Å². The van der Waals surface area contributed by atoms with Crippen LogP contribution in [-0.4, -0.2) is 45.9 Å². The Labute approximate surface area is 149 Å². The molecule has 2 rings (SSSR count). The van der Waals surface area contributed by atoms with E-state index >= 15 is 0 Å². The number of amides is 1. The van der Waals surface area contributed by atoms with Gasteiger partial charge in [0.15, 0.2) is 11.5 Å². The first-order valence-electron chi connectivity index (χ1n) is 7.90. The zero-order valence-electron chi connectivity index (χ0n) is 14.7. The minimum Gasteiger partial charge on any atom is -0.493 e. The summed E-state index contributed by atoms with van der Waals surface area (Å²) in [5.74, 6) is 1.65. The Hall–Kier alpha value is -1.66. The summed E-state index contributed by atoms with van der Waals surface area (Å²) in [4.78, 5) is 12.3. The number of rotatable bonds is 6. The molecule has 2 unspecified atom stereocenters. The largest absolute Gasteiger partial charge is 0.493 e. The van der Waals surface area contributed by atoms with E-state index in [1.54, 1.807) is 21.3 Å². The lowest BCUT2D eigenvalue weighted by Crippen LogP contribution is -2.52. The molecule has 0 radical (unpaired) electrons. The molecule has 0 spiro atoms. The Morgan fingerprint density at radius 1 is 1.21 bits per heavy atom. The maximum absolute atomic E-state index is 12.3. The van der Waals surface area contributed by atoms with E-state index in [9.17, 15) is 4.79 Å². The highest BCUT2D eigenvalue weighted by atomic mass is 35.5. The Bertz CT molecular complexity index is 528. The van der Waals surface area contributed by atoms with Gasteiger partial charge in [-0.1, -0.05) is 0 Å². The maximum Gasteiger partial charge on any atom is 0.224 e. The molecule has 2 atom stereocenters. The third-order valence-corrected chi connectivity index (χ3v) is 4.20. The molecule has 1 amide bonds. The van der Waals surface area contributed by atoms with Crippen molar-refractivity contribution in [3.05, 3.63) is 17.7 Å². The minimum absolute atomic E-state index is 0. The lowest BCUT2D eigenvalue weighted by atomic mass is 9.99. The summed E-state index contributed by atoms with van der Waals surface area (Å²) in [6, 6.07) is 4.10. The second kappa shape index (κ2) is 9.59. The average Bonchev–Trinajstić information content (AvgIpc) is 2.55. The first kappa shape index (κ1) is 20.4. The van der Waals surface area contributed by atoms with E-state index in [1.807, 2.05) is 12.1 Å². The topological polar surface area (TPSA) is 68.8 Å². The van der Waals surface area contributed by atoms with E-state index in [-0.39, 0.29) is 30.8 Å². The van der Waals surface area contributed by atoms with E-state index in [0.29, 0.717) is 23.3 Å². The molecule has 1 saturated heterocycles. The molecule has 0 bridgehead atoms. The standard InChI is InChI=1S/C17H26N2O4.ClH/c1-11-13(6-5-7-18-11)19-16(20)10-12-8-14(21-2)17(23-4)15(9-12)22-3;/h8-9,11,13,18H,5-7,10H2,1-4H3,(H,19,20);1H. The number of hydrogen-bond donors (Lipinski definition) is 2. The molecule has 1 aromatic rings. The summed E-state index contributed by atoms with van der Waals surface area (Å²) in [6.07, 6.45) is 2.37. The third-order valence-electron chi connectivity index (χ3n) is 4.20. The number of ether oxygens (including phenoxy) is 3. The van der Waals surface area contributed by atoms with Crippen LogP contribution < -0.4 is 24.8 Å². The highest BCUT2D eigenvalue weighted by Crippen LogP contribution is 2.38. The van der Waals surface area contributed by atoms with Crippen LogP contribution in [0.4, 0.5) is 0 Å². The molecule has 1 fully saturated rings. The van der Waals surface area contributed by atoms with Crippen molar-refractivity contribution in [2.75, 3.05) is 27.9 Å². The van der Waals surface area contributed by atoms with Crippen LogP contribution in [-0.2, 0) is 11.2 Å². The van der Waals surface area contributed by atoms with Crippen molar-refractivity contribution in [3.63, 3.8) is 0 Å². The molecule has 6 nitrogen and oxygen atoms in total. The van der Waals surface area contributed by atoms with Gasteiger partial charge >= 0.3 is 0 Å². The molecule has 1 aliphatic heterocycles. The summed E-state index contributed by atoms with van der Waals surface area (Å²) < 4.78 is 15.9. The second-order valence-electron chi connectivity index (χ2n) is 5.77. The van der Waals surface area contributed by atoms with E-state index in [2.05, 4.69) is 17.6 Å². The predicted octanol–water partition coefficient (Wildman–Crippen LogP) is 1.93. The summed E-state index contributed by atoms with van der Waals surface area (Å²) in [5, 5.41) is 6.49. The van der Waals surface area contributed by atoms with Gasteiger partial charge in [0.25, 0.3) is 0 Å². The van der Waals surface area contributed by atoms with Gasteiger partial charge in [-0.3, -0.25) is 4.79 Å². The van der Waals surface area contributed by atoms with Gasteiger partial charge in [-0.25, -0.2) is 0 Å². The van der Waals surface area contributed by atoms with Gasteiger partial charge in [0.1, 0.15) is 0 Å². The molecule has 0 aromatic heterocycles. The first-order valence-corrected chi connectivity index (χ1v) is 7.90. The lowest BCUT2D eigenvalue weighted by Gasteiger charge is -2.30. The fraction of sp³-hybridized carbons (Fsp3) is 0.588. The number of piperidine rings is 1.